The Hall–Kier alpha value is -5.00. The first-order valence-corrected chi connectivity index (χ1v) is 18.7. The van der Waals surface area contributed by atoms with Gasteiger partial charge >= 0.3 is 18.2 Å². The molecule has 2 aliphatic heterocycles. The van der Waals surface area contributed by atoms with E-state index in [0.29, 0.717) is 24.0 Å². The number of esters is 1. The SMILES string of the molecule is C=C[C@@H]1C[C@]1(NC(=O)C1C[C@@H](OC(=O)N2Cc3cccc(F)c3C2)CN1C(=O)[C@H](COC(=O)/C=C/C)NC(=O)OC(C)(C)C)C(=O)NS(=O)(=O)C1CC1. The molecule has 1 aromatic rings. The fraction of sp³-hybridized carbons (Fsp3) is 0.543. The molecule has 0 radical (unpaired) electrons. The van der Waals surface area contributed by atoms with Crippen molar-refractivity contribution in [2.75, 3.05) is 13.2 Å². The summed E-state index contributed by atoms with van der Waals surface area (Å²) in [6, 6.07) is 1.48. The van der Waals surface area contributed by atoms with Gasteiger partial charge in [-0.1, -0.05) is 24.3 Å². The van der Waals surface area contributed by atoms with Gasteiger partial charge in [-0.15, -0.1) is 6.58 Å². The molecule has 3 fully saturated rings. The minimum absolute atomic E-state index is 0.0309. The molecule has 5 atom stereocenters. The predicted octanol–water partition coefficient (Wildman–Crippen LogP) is 1.93. The molecule has 288 valence electrons. The van der Waals surface area contributed by atoms with Crippen LogP contribution in [0.3, 0.4) is 0 Å². The van der Waals surface area contributed by atoms with Crippen LogP contribution in [0.15, 0.2) is 43.0 Å². The zero-order valence-corrected chi connectivity index (χ0v) is 30.7. The number of nitrogens with zero attached hydrogens (tertiary/aromatic N) is 2. The second kappa shape index (κ2) is 15.2. The number of benzene rings is 1. The van der Waals surface area contributed by atoms with E-state index in [0.717, 1.165) is 11.0 Å². The van der Waals surface area contributed by atoms with Gasteiger partial charge in [0, 0.05) is 30.5 Å². The summed E-state index contributed by atoms with van der Waals surface area (Å²) in [5.41, 5.74) is -1.73. The monoisotopic (exact) mass is 761 g/mol. The molecule has 1 aromatic carbocycles. The highest BCUT2D eigenvalue weighted by molar-refractivity contribution is 7.91. The number of fused-ring (bicyclic) bond motifs is 1. The van der Waals surface area contributed by atoms with E-state index in [4.69, 9.17) is 14.2 Å². The fourth-order valence-electron chi connectivity index (χ4n) is 6.30. The molecule has 5 amide bonds. The fourth-order valence-corrected chi connectivity index (χ4v) is 7.66. The second-order valence-electron chi connectivity index (χ2n) is 14.5. The number of nitrogens with one attached hydrogen (secondary N) is 3. The van der Waals surface area contributed by atoms with Gasteiger partial charge in [-0.25, -0.2) is 27.2 Å². The van der Waals surface area contributed by atoms with Crippen LogP contribution in [-0.2, 0) is 56.5 Å². The van der Waals surface area contributed by atoms with Gasteiger partial charge in [-0.3, -0.25) is 24.0 Å². The first kappa shape index (κ1) is 39.2. The van der Waals surface area contributed by atoms with Crippen molar-refractivity contribution in [1.29, 1.82) is 0 Å². The van der Waals surface area contributed by atoms with Gasteiger partial charge in [0.05, 0.1) is 18.3 Å². The average molecular weight is 762 g/mol. The summed E-state index contributed by atoms with van der Waals surface area (Å²) in [5, 5.41) is 4.29. The third kappa shape index (κ3) is 9.15. The molecule has 4 aliphatic rings. The number of allylic oxidation sites excluding steroid dienone is 1. The molecule has 2 saturated carbocycles. The smallest absolute Gasteiger partial charge is 0.410 e. The molecule has 18 heteroatoms. The predicted molar refractivity (Wildman–Crippen MR) is 184 cm³/mol. The number of carbonyl (C=O) groups excluding carboxylic acids is 6. The summed E-state index contributed by atoms with van der Waals surface area (Å²) in [7, 11) is -3.98. The number of sulfonamides is 1. The number of hydrogen-bond acceptors (Lipinski definition) is 11. The lowest BCUT2D eigenvalue weighted by atomic mass is 10.1. The van der Waals surface area contributed by atoms with Gasteiger partial charge in [-0.2, -0.15) is 0 Å². The Bertz CT molecular complexity index is 1830. The van der Waals surface area contributed by atoms with Gasteiger partial charge < -0.3 is 29.7 Å². The van der Waals surface area contributed by atoms with Gasteiger partial charge in [0.2, 0.25) is 21.8 Å². The number of alkyl carbamates (subject to hydrolysis) is 1. The molecule has 1 saturated heterocycles. The summed E-state index contributed by atoms with van der Waals surface area (Å²) >= 11 is 0. The minimum Gasteiger partial charge on any atom is -0.460 e. The Labute approximate surface area is 306 Å². The molecule has 16 nitrogen and oxygen atoms in total. The summed E-state index contributed by atoms with van der Waals surface area (Å²) in [4.78, 5) is 82.3. The zero-order valence-electron chi connectivity index (χ0n) is 29.9. The quantitative estimate of drug-likeness (QED) is 0.121. The highest BCUT2D eigenvalue weighted by atomic mass is 32.2. The maximum absolute atomic E-state index is 14.4. The number of rotatable bonds is 12. The third-order valence-corrected chi connectivity index (χ3v) is 11.1. The number of halogens is 1. The van der Waals surface area contributed by atoms with Crippen molar-refractivity contribution in [3.63, 3.8) is 0 Å². The van der Waals surface area contributed by atoms with Crippen molar-refractivity contribution in [2.24, 2.45) is 5.92 Å². The Morgan fingerprint density at radius 3 is 2.45 bits per heavy atom. The first-order chi connectivity index (χ1) is 24.9. The van der Waals surface area contributed by atoms with E-state index in [9.17, 15) is 41.6 Å². The first-order valence-electron chi connectivity index (χ1n) is 17.2. The third-order valence-electron chi connectivity index (χ3n) is 9.23. The maximum Gasteiger partial charge on any atom is 0.410 e. The zero-order chi connectivity index (χ0) is 38.9. The molecule has 3 N–H and O–H groups in total. The van der Waals surface area contributed by atoms with Crippen LogP contribution in [-0.4, -0.2) is 102 Å². The van der Waals surface area contributed by atoms with Crippen LogP contribution in [0.2, 0.25) is 0 Å². The van der Waals surface area contributed by atoms with Crippen LogP contribution in [0, 0.1) is 11.7 Å². The van der Waals surface area contributed by atoms with Crippen LogP contribution < -0.4 is 15.4 Å². The number of hydrogen-bond donors (Lipinski definition) is 3. The van der Waals surface area contributed by atoms with Gasteiger partial charge in [-0.05, 0) is 58.6 Å². The van der Waals surface area contributed by atoms with Gasteiger partial charge in [0.15, 0.2) is 0 Å². The summed E-state index contributed by atoms with van der Waals surface area (Å²) in [6.07, 6.45) is 1.50. The van der Waals surface area contributed by atoms with Crippen molar-refractivity contribution in [3.8, 4) is 0 Å². The van der Waals surface area contributed by atoms with Crippen molar-refractivity contribution in [3.05, 3.63) is 60.0 Å². The van der Waals surface area contributed by atoms with Crippen LogP contribution >= 0.6 is 0 Å². The summed E-state index contributed by atoms with van der Waals surface area (Å²) in [5.74, 6) is -4.68. The number of likely N-dealkylation sites (tertiary alicyclic amines) is 1. The molecule has 1 unspecified atom stereocenters. The normalized spacial score (nSPS) is 24.1. The Kier molecular flexibility index (Phi) is 11.2. The molecule has 2 aliphatic carbocycles. The lowest BCUT2D eigenvalue weighted by Crippen LogP contribution is -2.59. The highest BCUT2D eigenvalue weighted by Gasteiger charge is 2.62. The topological polar surface area (TPSA) is 207 Å². The molecule has 2 heterocycles. The average Bonchev–Trinajstić information content (AvgIpc) is 3.96. The number of amides is 5. The van der Waals surface area contributed by atoms with E-state index >= 15 is 0 Å². The molecular weight excluding hydrogens is 717 g/mol. The molecule has 0 spiro atoms. The summed E-state index contributed by atoms with van der Waals surface area (Å²) < 4.78 is 57.9. The molecule has 53 heavy (non-hydrogen) atoms. The van der Waals surface area contributed by atoms with E-state index in [-0.39, 0.29) is 32.5 Å². The van der Waals surface area contributed by atoms with Gasteiger partial charge in [0.1, 0.15) is 41.8 Å². The van der Waals surface area contributed by atoms with Crippen LogP contribution in [0.1, 0.15) is 64.5 Å². The maximum atomic E-state index is 14.4. The van der Waals surface area contributed by atoms with Crippen molar-refractivity contribution < 1.29 is 55.8 Å². The lowest BCUT2D eigenvalue weighted by Gasteiger charge is -2.30. The molecule has 0 bridgehead atoms. The van der Waals surface area contributed by atoms with Crippen molar-refractivity contribution >= 4 is 45.9 Å². The second-order valence-corrected chi connectivity index (χ2v) is 16.5. The van der Waals surface area contributed by atoms with Crippen molar-refractivity contribution in [2.45, 2.75) is 101 Å². The van der Waals surface area contributed by atoms with Crippen LogP contribution in [0.5, 0.6) is 0 Å². The Morgan fingerprint density at radius 1 is 1.13 bits per heavy atom. The van der Waals surface area contributed by atoms with E-state index in [2.05, 4.69) is 21.9 Å². The van der Waals surface area contributed by atoms with E-state index in [1.165, 1.54) is 29.2 Å². The Morgan fingerprint density at radius 2 is 1.85 bits per heavy atom. The standard InChI is InChI=1S/C35H44FN5O11S/c1-6-9-28(42)50-19-26(37-32(46)52-34(3,4)5)30(44)41-17-22(51-33(47)40-16-20-10-8-11-25(36)24(20)18-40)14-27(41)29(43)38-35(15-21(35)7-2)31(45)39-53(48,49)23-12-13-23/h6-11,21-23,26-27H,2,12-19H2,1,3-5H3,(H,37,46)(H,38,43)(H,39,45)/b9-6+/t21-,22-,26+,27?,35-/m1/s1. The van der Waals surface area contributed by atoms with E-state index in [1.807, 2.05) is 0 Å². The molecule has 0 aromatic heterocycles. The van der Waals surface area contributed by atoms with Crippen LogP contribution in [0.25, 0.3) is 0 Å². The van der Waals surface area contributed by atoms with Crippen LogP contribution in [0.4, 0.5) is 14.0 Å². The van der Waals surface area contributed by atoms with E-state index in [1.54, 1.807) is 33.8 Å². The van der Waals surface area contributed by atoms with Crippen molar-refractivity contribution in [1.82, 2.24) is 25.2 Å². The lowest BCUT2D eigenvalue weighted by molar-refractivity contribution is -0.145. The van der Waals surface area contributed by atoms with Gasteiger partial charge in [0.25, 0.3) is 5.91 Å². The minimum atomic E-state index is -3.98. The summed E-state index contributed by atoms with van der Waals surface area (Å²) in [6.45, 7) is 9.01. The number of carbonyl (C=O) groups is 6. The largest absolute Gasteiger partial charge is 0.460 e. The molecule has 5 rings (SSSR count). The Balaban J connectivity index is 1.39. The number of ether oxygens (including phenoxy) is 3. The molecular formula is C35H44FN5O11S. The highest BCUT2D eigenvalue weighted by Crippen LogP contribution is 2.45. The van der Waals surface area contributed by atoms with E-state index < -0.39 is 98.8 Å².